The Morgan fingerprint density at radius 1 is 1.44 bits per heavy atom. The molecule has 1 aliphatic rings. The van der Waals surface area contributed by atoms with Gasteiger partial charge in [0.25, 0.3) is 0 Å². The molecule has 3 rings (SSSR count). The van der Waals surface area contributed by atoms with Crippen LogP contribution < -0.4 is 4.74 Å². The molecule has 2 aromatic rings. The van der Waals surface area contributed by atoms with E-state index in [0.717, 1.165) is 25.1 Å². The van der Waals surface area contributed by atoms with Gasteiger partial charge in [-0.05, 0) is 67.9 Å². The number of aryl methyl sites for hydroxylation is 1. The number of hydrogen-bond acceptors (Lipinski definition) is 4. The van der Waals surface area contributed by atoms with E-state index in [0.29, 0.717) is 13.2 Å². The molecule has 0 saturated carbocycles. The van der Waals surface area contributed by atoms with Gasteiger partial charge >= 0.3 is 5.97 Å². The summed E-state index contributed by atoms with van der Waals surface area (Å²) in [4.78, 5) is 15.1. The van der Waals surface area contributed by atoms with Crippen LogP contribution in [0.4, 0.5) is 0 Å². The third-order valence-corrected chi connectivity index (χ3v) is 5.78. The Labute approximate surface area is 153 Å². The Morgan fingerprint density at radius 3 is 2.96 bits per heavy atom. The number of benzene rings is 1. The first-order valence-electron chi connectivity index (χ1n) is 8.83. The minimum absolute atomic E-state index is 0.0845. The van der Waals surface area contributed by atoms with E-state index >= 15 is 0 Å². The maximum absolute atomic E-state index is 11.5. The molecule has 1 aromatic carbocycles. The van der Waals surface area contributed by atoms with E-state index in [9.17, 15) is 9.90 Å². The van der Waals surface area contributed by atoms with Gasteiger partial charge < -0.3 is 9.84 Å². The zero-order chi connectivity index (χ0) is 17.8. The summed E-state index contributed by atoms with van der Waals surface area (Å²) in [5, 5.41) is 11.6. The molecule has 2 atom stereocenters. The Hall–Kier alpha value is -1.85. The maximum atomic E-state index is 11.5. The van der Waals surface area contributed by atoms with Gasteiger partial charge in [-0.15, -0.1) is 11.3 Å². The molecule has 0 aliphatic carbocycles. The summed E-state index contributed by atoms with van der Waals surface area (Å²) in [6, 6.07) is 10.5. The van der Waals surface area contributed by atoms with Crippen molar-refractivity contribution in [2.75, 3.05) is 19.7 Å². The zero-order valence-corrected chi connectivity index (χ0v) is 15.6. The van der Waals surface area contributed by atoms with E-state index in [1.807, 2.05) is 19.1 Å². The molecule has 1 aliphatic heterocycles. The second kappa shape index (κ2) is 8.02. The number of carboxylic acids is 1. The topological polar surface area (TPSA) is 49.8 Å². The summed E-state index contributed by atoms with van der Waals surface area (Å²) in [5.41, 5.74) is 2.41. The van der Waals surface area contributed by atoms with Gasteiger partial charge in [-0.25, -0.2) is 0 Å². The maximum Gasteiger partial charge on any atom is 0.307 e. The molecule has 1 saturated heterocycles. The monoisotopic (exact) mass is 359 g/mol. The first-order chi connectivity index (χ1) is 12.1. The first kappa shape index (κ1) is 18.0. The van der Waals surface area contributed by atoms with Gasteiger partial charge in [0.1, 0.15) is 5.75 Å². The smallest absolute Gasteiger partial charge is 0.307 e. The number of thiophene rings is 1. The molecule has 134 valence electrons. The van der Waals surface area contributed by atoms with Gasteiger partial charge in [0.15, 0.2) is 0 Å². The number of nitrogens with zero attached hydrogens (tertiary/aromatic N) is 1. The summed E-state index contributed by atoms with van der Waals surface area (Å²) in [5.74, 6) is -0.105. The lowest BCUT2D eigenvalue weighted by atomic mass is 9.94. The number of carboxylic acid groups (broad SMARTS) is 1. The van der Waals surface area contributed by atoms with E-state index in [-0.39, 0.29) is 12.0 Å². The van der Waals surface area contributed by atoms with Crippen LogP contribution in [0.5, 0.6) is 5.75 Å². The zero-order valence-electron chi connectivity index (χ0n) is 14.8. The lowest BCUT2D eigenvalue weighted by molar-refractivity contribution is -0.143. The third-order valence-electron chi connectivity index (χ3n) is 4.67. The highest BCUT2D eigenvalue weighted by atomic mass is 32.1. The molecule has 0 spiro atoms. The molecule has 0 radical (unpaired) electrons. The van der Waals surface area contributed by atoms with Crippen LogP contribution in [0.2, 0.25) is 0 Å². The highest BCUT2D eigenvalue weighted by Crippen LogP contribution is 2.36. The van der Waals surface area contributed by atoms with Gasteiger partial charge in [-0.1, -0.05) is 12.1 Å². The highest BCUT2D eigenvalue weighted by molar-refractivity contribution is 7.10. The summed E-state index contributed by atoms with van der Waals surface area (Å²) in [6.07, 6.45) is 1.68. The molecule has 0 bridgehead atoms. The van der Waals surface area contributed by atoms with Crippen LogP contribution in [-0.4, -0.2) is 35.7 Å². The van der Waals surface area contributed by atoms with Gasteiger partial charge in [-0.2, -0.15) is 0 Å². The standard InChI is InChI=1S/C20H25NO3S/c1-3-24-17-8-4-6-15(11-17)19(18-10-14(2)13-25-18)21-9-5-7-16(12-21)20(22)23/h4,6,8,10-11,13,16,19H,3,5,7,9,12H2,1-2H3,(H,22,23). The van der Waals surface area contributed by atoms with Crippen molar-refractivity contribution in [3.63, 3.8) is 0 Å². The van der Waals surface area contributed by atoms with Crippen LogP contribution in [0.3, 0.4) is 0 Å². The molecule has 5 heteroatoms. The number of rotatable bonds is 6. The molecule has 2 unspecified atom stereocenters. The van der Waals surface area contributed by atoms with E-state index in [4.69, 9.17) is 4.74 Å². The summed E-state index contributed by atoms with van der Waals surface area (Å²) in [6.45, 7) is 6.23. The molecule has 25 heavy (non-hydrogen) atoms. The molecule has 1 N–H and O–H groups in total. The van der Waals surface area contributed by atoms with E-state index in [2.05, 4.69) is 35.4 Å². The summed E-state index contributed by atoms with van der Waals surface area (Å²) >= 11 is 1.75. The minimum atomic E-state index is -0.686. The number of piperidine rings is 1. The predicted molar refractivity (Wildman–Crippen MR) is 100 cm³/mol. The highest BCUT2D eigenvalue weighted by Gasteiger charge is 2.32. The van der Waals surface area contributed by atoms with Crippen LogP contribution in [0, 0.1) is 12.8 Å². The number of likely N-dealkylation sites (tertiary alicyclic amines) is 1. The largest absolute Gasteiger partial charge is 0.494 e. The number of ether oxygens (including phenoxy) is 1. The van der Waals surface area contributed by atoms with Gasteiger partial charge in [-0.3, -0.25) is 9.69 Å². The number of hydrogen-bond donors (Lipinski definition) is 1. The van der Waals surface area contributed by atoms with Crippen molar-refractivity contribution in [3.8, 4) is 5.75 Å². The Kier molecular flexibility index (Phi) is 5.76. The average Bonchev–Trinajstić information content (AvgIpc) is 3.02. The lowest BCUT2D eigenvalue weighted by Crippen LogP contribution is -2.41. The Balaban J connectivity index is 1.95. The summed E-state index contributed by atoms with van der Waals surface area (Å²) < 4.78 is 5.68. The predicted octanol–water partition coefficient (Wildman–Crippen LogP) is 4.34. The van der Waals surface area contributed by atoms with Crippen molar-refractivity contribution in [1.29, 1.82) is 0 Å². The molecule has 4 nitrogen and oxygen atoms in total. The Morgan fingerprint density at radius 2 is 2.28 bits per heavy atom. The van der Waals surface area contributed by atoms with Crippen molar-refractivity contribution >= 4 is 17.3 Å². The minimum Gasteiger partial charge on any atom is -0.494 e. The molecular weight excluding hydrogens is 334 g/mol. The fraction of sp³-hybridized carbons (Fsp3) is 0.450. The Bertz CT molecular complexity index is 727. The van der Waals surface area contributed by atoms with Crippen LogP contribution in [0.1, 0.15) is 41.8 Å². The molecule has 0 amide bonds. The quantitative estimate of drug-likeness (QED) is 0.833. The van der Waals surface area contributed by atoms with Crippen molar-refractivity contribution in [1.82, 2.24) is 4.90 Å². The van der Waals surface area contributed by atoms with E-state index < -0.39 is 5.97 Å². The van der Waals surface area contributed by atoms with Gasteiger partial charge in [0.05, 0.1) is 18.6 Å². The van der Waals surface area contributed by atoms with Crippen molar-refractivity contribution in [2.45, 2.75) is 32.7 Å². The normalized spacial score (nSPS) is 19.5. The average molecular weight is 359 g/mol. The molecule has 2 heterocycles. The van der Waals surface area contributed by atoms with Crippen LogP contribution >= 0.6 is 11.3 Å². The van der Waals surface area contributed by atoms with Crippen LogP contribution in [0.25, 0.3) is 0 Å². The fourth-order valence-corrected chi connectivity index (χ4v) is 4.59. The van der Waals surface area contributed by atoms with Gasteiger partial charge in [0.2, 0.25) is 0 Å². The fourth-order valence-electron chi connectivity index (χ4n) is 3.54. The first-order valence-corrected chi connectivity index (χ1v) is 9.71. The third kappa shape index (κ3) is 4.22. The molecule has 1 aromatic heterocycles. The van der Waals surface area contributed by atoms with E-state index in [1.165, 1.54) is 16.0 Å². The van der Waals surface area contributed by atoms with Crippen LogP contribution in [0.15, 0.2) is 35.7 Å². The van der Waals surface area contributed by atoms with Crippen molar-refractivity contribution < 1.29 is 14.6 Å². The second-order valence-corrected chi connectivity index (χ2v) is 7.55. The van der Waals surface area contributed by atoms with Crippen molar-refractivity contribution in [2.24, 2.45) is 5.92 Å². The lowest BCUT2D eigenvalue weighted by Gasteiger charge is -2.37. The molecule has 1 fully saturated rings. The number of aliphatic carboxylic acids is 1. The van der Waals surface area contributed by atoms with E-state index in [1.54, 1.807) is 11.3 Å². The van der Waals surface area contributed by atoms with Crippen LogP contribution in [-0.2, 0) is 4.79 Å². The van der Waals surface area contributed by atoms with Gasteiger partial charge in [0, 0.05) is 11.4 Å². The SMILES string of the molecule is CCOc1cccc(C(c2cc(C)cs2)N2CCCC(C(=O)O)C2)c1. The number of carbonyl (C=O) groups is 1. The summed E-state index contributed by atoms with van der Waals surface area (Å²) in [7, 11) is 0. The molecular formula is C20H25NO3S. The second-order valence-electron chi connectivity index (χ2n) is 6.61. The van der Waals surface area contributed by atoms with Crippen molar-refractivity contribution in [3.05, 3.63) is 51.7 Å².